The molecule has 0 saturated heterocycles. The van der Waals surface area contributed by atoms with Crippen molar-refractivity contribution < 1.29 is 0 Å². The number of nitrogens with zero attached hydrogens (tertiary/aromatic N) is 3. The van der Waals surface area contributed by atoms with Crippen molar-refractivity contribution in [1.82, 2.24) is 9.97 Å². The van der Waals surface area contributed by atoms with Crippen molar-refractivity contribution >= 4 is 17.3 Å². The van der Waals surface area contributed by atoms with E-state index in [1.807, 2.05) is 18.2 Å². The van der Waals surface area contributed by atoms with E-state index in [0.29, 0.717) is 5.92 Å². The lowest BCUT2D eigenvalue weighted by Gasteiger charge is -2.20. The zero-order valence-corrected chi connectivity index (χ0v) is 15.3. The van der Waals surface area contributed by atoms with E-state index in [9.17, 15) is 0 Å². The number of hydrogen-bond acceptors (Lipinski definition) is 4. The number of fused-ring (bicyclic) bond motifs is 1. The van der Waals surface area contributed by atoms with Gasteiger partial charge in [0.25, 0.3) is 0 Å². The summed E-state index contributed by atoms with van der Waals surface area (Å²) in [5.74, 6) is 3.15. The minimum absolute atomic E-state index is 0.557. The second-order valence-electron chi connectivity index (χ2n) is 7.11. The van der Waals surface area contributed by atoms with E-state index in [1.54, 1.807) is 0 Å². The molecule has 0 aliphatic carbocycles. The van der Waals surface area contributed by atoms with Gasteiger partial charge in [-0.25, -0.2) is 9.97 Å². The van der Waals surface area contributed by atoms with Gasteiger partial charge in [-0.05, 0) is 24.0 Å². The van der Waals surface area contributed by atoms with Gasteiger partial charge in [0.2, 0.25) is 0 Å². The summed E-state index contributed by atoms with van der Waals surface area (Å²) in [5, 5.41) is 3.46. The number of aromatic nitrogens is 2. The van der Waals surface area contributed by atoms with E-state index < -0.39 is 0 Å². The summed E-state index contributed by atoms with van der Waals surface area (Å²) >= 11 is 0. The molecule has 0 bridgehead atoms. The van der Waals surface area contributed by atoms with Crippen molar-refractivity contribution in [2.75, 3.05) is 23.3 Å². The molecule has 0 radical (unpaired) electrons. The minimum atomic E-state index is 0.557. The molecule has 4 nitrogen and oxygen atoms in total. The summed E-state index contributed by atoms with van der Waals surface area (Å²) in [7, 11) is 0. The van der Waals surface area contributed by atoms with Crippen LogP contribution in [0.1, 0.15) is 19.4 Å². The van der Waals surface area contributed by atoms with Gasteiger partial charge < -0.3 is 10.2 Å². The highest BCUT2D eigenvalue weighted by atomic mass is 15.2. The molecule has 0 unspecified atom stereocenters. The monoisotopic (exact) mass is 344 g/mol. The number of benzene rings is 2. The fourth-order valence-corrected chi connectivity index (χ4v) is 3.26. The Kier molecular flexibility index (Phi) is 4.57. The van der Waals surface area contributed by atoms with E-state index in [1.165, 1.54) is 11.3 Å². The smallest absolute Gasteiger partial charge is 0.163 e. The SMILES string of the molecule is CC(C)CNc1cc(N2CCc3ccccc32)nc(-c2ccccc2)n1. The summed E-state index contributed by atoms with van der Waals surface area (Å²) in [6, 6.07) is 20.8. The standard InChI is InChI=1S/C22H24N4/c1-16(2)15-23-20-14-21(25-22(24-20)18-9-4-3-5-10-18)26-13-12-17-8-6-7-11-19(17)26/h3-11,14,16H,12-13,15H2,1-2H3,(H,23,24,25). The zero-order chi connectivity index (χ0) is 17.9. The molecular weight excluding hydrogens is 320 g/mol. The van der Waals surface area contributed by atoms with Crippen LogP contribution in [0.15, 0.2) is 60.7 Å². The molecule has 1 N–H and O–H groups in total. The van der Waals surface area contributed by atoms with Crippen LogP contribution in [0.3, 0.4) is 0 Å². The van der Waals surface area contributed by atoms with E-state index in [0.717, 1.165) is 42.5 Å². The Morgan fingerprint density at radius 2 is 1.77 bits per heavy atom. The van der Waals surface area contributed by atoms with Crippen LogP contribution in [0.2, 0.25) is 0 Å². The summed E-state index contributed by atoms with van der Waals surface area (Å²) in [6.07, 6.45) is 1.05. The lowest BCUT2D eigenvalue weighted by atomic mass is 10.2. The zero-order valence-electron chi connectivity index (χ0n) is 15.3. The molecule has 1 aromatic heterocycles. The van der Waals surface area contributed by atoms with Gasteiger partial charge in [-0.15, -0.1) is 0 Å². The number of para-hydroxylation sites is 1. The van der Waals surface area contributed by atoms with Crippen LogP contribution >= 0.6 is 0 Å². The fraction of sp³-hybridized carbons (Fsp3) is 0.273. The van der Waals surface area contributed by atoms with E-state index >= 15 is 0 Å². The second-order valence-corrected chi connectivity index (χ2v) is 7.11. The topological polar surface area (TPSA) is 41.0 Å². The van der Waals surface area contributed by atoms with Crippen molar-refractivity contribution in [3.8, 4) is 11.4 Å². The van der Waals surface area contributed by atoms with Gasteiger partial charge in [0.05, 0.1) is 0 Å². The molecule has 3 aromatic rings. The molecule has 4 rings (SSSR count). The van der Waals surface area contributed by atoms with Crippen LogP contribution in [-0.2, 0) is 6.42 Å². The first-order valence-electron chi connectivity index (χ1n) is 9.24. The van der Waals surface area contributed by atoms with Crippen molar-refractivity contribution in [3.63, 3.8) is 0 Å². The highest BCUT2D eigenvalue weighted by Gasteiger charge is 2.22. The summed E-state index contributed by atoms with van der Waals surface area (Å²) in [5.41, 5.74) is 3.67. The molecule has 0 amide bonds. The van der Waals surface area contributed by atoms with Crippen LogP contribution in [0.5, 0.6) is 0 Å². The lowest BCUT2D eigenvalue weighted by molar-refractivity contribution is 0.687. The number of anilines is 3. The van der Waals surface area contributed by atoms with Crippen LogP contribution in [0.4, 0.5) is 17.3 Å². The average molecular weight is 344 g/mol. The third kappa shape index (κ3) is 3.40. The molecule has 1 aliphatic heterocycles. The van der Waals surface area contributed by atoms with E-state index in [2.05, 4.69) is 66.5 Å². The van der Waals surface area contributed by atoms with E-state index in [-0.39, 0.29) is 0 Å². The minimum Gasteiger partial charge on any atom is -0.370 e. The summed E-state index contributed by atoms with van der Waals surface area (Å²) < 4.78 is 0. The third-order valence-electron chi connectivity index (χ3n) is 4.60. The van der Waals surface area contributed by atoms with Gasteiger partial charge in [-0.2, -0.15) is 0 Å². The first-order valence-corrected chi connectivity index (χ1v) is 9.24. The molecule has 2 aromatic carbocycles. The van der Waals surface area contributed by atoms with E-state index in [4.69, 9.17) is 9.97 Å². The quantitative estimate of drug-likeness (QED) is 0.714. The van der Waals surface area contributed by atoms with Crippen LogP contribution in [0.25, 0.3) is 11.4 Å². The van der Waals surface area contributed by atoms with Gasteiger partial charge in [-0.3, -0.25) is 0 Å². The molecular formula is C22H24N4. The summed E-state index contributed by atoms with van der Waals surface area (Å²) in [6.45, 7) is 6.24. The van der Waals surface area contributed by atoms with Crippen LogP contribution < -0.4 is 10.2 Å². The Labute approximate surface area is 154 Å². The van der Waals surface area contributed by atoms with Crippen molar-refractivity contribution in [1.29, 1.82) is 0 Å². The molecule has 0 spiro atoms. The van der Waals surface area contributed by atoms with Gasteiger partial charge in [-0.1, -0.05) is 62.4 Å². The van der Waals surface area contributed by atoms with Gasteiger partial charge in [0.15, 0.2) is 5.82 Å². The summed E-state index contributed by atoms with van der Waals surface area (Å²) in [4.78, 5) is 11.9. The first-order chi connectivity index (χ1) is 12.7. The highest BCUT2D eigenvalue weighted by molar-refractivity contribution is 5.71. The molecule has 1 aliphatic rings. The average Bonchev–Trinajstić information content (AvgIpc) is 3.11. The Morgan fingerprint density at radius 1 is 1.00 bits per heavy atom. The maximum absolute atomic E-state index is 4.89. The Balaban J connectivity index is 1.75. The molecule has 4 heteroatoms. The Morgan fingerprint density at radius 3 is 2.58 bits per heavy atom. The molecule has 0 atom stereocenters. The molecule has 0 fully saturated rings. The predicted molar refractivity (Wildman–Crippen MR) is 108 cm³/mol. The molecule has 26 heavy (non-hydrogen) atoms. The maximum Gasteiger partial charge on any atom is 0.163 e. The van der Waals surface area contributed by atoms with Crippen molar-refractivity contribution in [2.45, 2.75) is 20.3 Å². The fourth-order valence-electron chi connectivity index (χ4n) is 3.26. The van der Waals surface area contributed by atoms with Gasteiger partial charge in [0.1, 0.15) is 11.6 Å². The Bertz CT molecular complexity index is 890. The Hall–Kier alpha value is -2.88. The molecule has 0 saturated carbocycles. The molecule has 132 valence electrons. The number of rotatable bonds is 5. The highest BCUT2D eigenvalue weighted by Crippen LogP contribution is 2.34. The second kappa shape index (κ2) is 7.16. The lowest BCUT2D eigenvalue weighted by Crippen LogP contribution is -2.17. The number of nitrogens with one attached hydrogen (secondary N) is 1. The normalized spacial score (nSPS) is 13.1. The molecule has 2 heterocycles. The largest absolute Gasteiger partial charge is 0.370 e. The number of hydrogen-bond donors (Lipinski definition) is 1. The van der Waals surface area contributed by atoms with Crippen LogP contribution in [-0.4, -0.2) is 23.1 Å². The third-order valence-corrected chi connectivity index (χ3v) is 4.60. The predicted octanol–water partition coefficient (Wildman–Crippen LogP) is 4.91. The van der Waals surface area contributed by atoms with Crippen molar-refractivity contribution in [3.05, 3.63) is 66.2 Å². The van der Waals surface area contributed by atoms with Crippen LogP contribution in [0, 0.1) is 5.92 Å². The van der Waals surface area contributed by atoms with Gasteiger partial charge in [0, 0.05) is 30.4 Å². The first kappa shape index (κ1) is 16.6. The van der Waals surface area contributed by atoms with Crippen molar-refractivity contribution in [2.24, 2.45) is 5.92 Å². The van der Waals surface area contributed by atoms with Gasteiger partial charge >= 0.3 is 0 Å². The maximum atomic E-state index is 4.89.